The van der Waals surface area contributed by atoms with E-state index in [-0.39, 0.29) is 0 Å². The van der Waals surface area contributed by atoms with E-state index in [0.717, 1.165) is 28.1 Å². The lowest BCUT2D eigenvalue weighted by Crippen LogP contribution is -1.99. The van der Waals surface area contributed by atoms with Gasteiger partial charge in [-0.05, 0) is 17.7 Å². The van der Waals surface area contributed by atoms with Crippen molar-refractivity contribution < 1.29 is 4.42 Å². The van der Waals surface area contributed by atoms with E-state index in [2.05, 4.69) is 32.4 Å². The Morgan fingerprint density at radius 3 is 2.68 bits per heavy atom. The average Bonchev–Trinajstić information content (AvgIpc) is 3.22. The number of benzene rings is 2. The molecule has 2 N–H and O–H groups in total. The van der Waals surface area contributed by atoms with E-state index >= 15 is 0 Å². The van der Waals surface area contributed by atoms with Crippen LogP contribution in [0.15, 0.2) is 65.3 Å². The van der Waals surface area contributed by atoms with Gasteiger partial charge in [-0.3, -0.25) is 0 Å². The van der Waals surface area contributed by atoms with Gasteiger partial charge in [-0.2, -0.15) is 4.98 Å². The number of H-pyrrole nitrogens is 1. The van der Waals surface area contributed by atoms with Gasteiger partial charge in [0.25, 0.3) is 6.01 Å². The zero-order valence-electron chi connectivity index (χ0n) is 11.8. The quantitative estimate of drug-likeness (QED) is 0.599. The molecule has 2 aromatic heterocycles. The van der Waals surface area contributed by atoms with Crippen LogP contribution in [0.1, 0.15) is 5.56 Å². The summed E-state index contributed by atoms with van der Waals surface area (Å²) >= 11 is 0. The summed E-state index contributed by atoms with van der Waals surface area (Å²) in [6.07, 6.45) is 3.57. The lowest BCUT2D eigenvalue weighted by molar-refractivity contribution is 0.614. The molecular weight excluding hydrogens is 276 g/mol. The maximum Gasteiger partial charge on any atom is 0.295 e. The SMILES string of the molecule is c1ccc2oc(NCc3ccc(-c4ncc[nH]4)cc3)nc2c1. The Morgan fingerprint density at radius 2 is 1.91 bits per heavy atom. The molecule has 0 saturated carbocycles. The summed E-state index contributed by atoms with van der Waals surface area (Å²) in [6, 6.07) is 16.5. The van der Waals surface area contributed by atoms with Crippen molar-refractivity contribution in [3.63, 3.8) is 0 Å². The first-order valence-corrected chi connectivity index (χ1v) is 7.07. The van der Waals surface area contributed by atoms with Crippen molar-refractivity contribution in [2.24, 2.45) is 0 Å². The van der Waals surface area contributed by atoms with Crippen LogP contribution in [0, 0.1) is 0 Å². The second kappa shape index (κ2) is 5.37. The Kier molecular flexibility index (Phi) is 3.08. The molecule has 0 bridgehead atoms. The smallest absolute Gasteiger partial charge is 0.295 e. The van der Waals surface area contributed by atoms with Gasteiger partial charge in [0.2, 0.25) is 0 Å². The van der Waals surface area contributed by atoms with Crippen molar-refractivity contribution in [2.45, 2.75) is 6.54 Å². The lowest BCUT2D eigenvalue weighted by atomic mass is 10.1. The summed E-state index contributed by atoms with van der Waals surface area (Å²) in [7, 11) is 0. The van der Waals surface area contributed by atoms with E-state index in [9.17, 15) is 0 Å². The number of para-hydroxylation sites is 2. The number of aromatic amines is 1. The van der Waals surface area contributed by atoms with Gasteiger partial charge in [0.15, 0.2) is 5.58 Å². The molecule has 108 valence electrons. The predicted molar refractivity (Wildman–Crippen MR) is 85.4 cm³/mol. The Bertz CT molecular complexity index is 846. The third kappa shape index (κ3) is 2.44. The van der Waals surface area contributed by atoms with Crippen molar-refractivity contribution in [2.75, 3.05) is 5.32 Å². The second-order valence-electron chi connectivity index (χ2n) is 4.98. The topological polar surface area (TPSA) is 66.7 Å². The van der Waals surface area contributed by atoms with Gasteiger partial charge in [0.05, 0.1) is 0 Å². The zero-order chi connectivity index (χ0) is 14.8. The Labute approximate surface area is 127 Å². The summed E-state index contributed by atoms with van der Waals surface area (Å²) in [5, 5.41) is 3.20. The summed E-state index contributed by atoms with van der Waals surface area (Å²) in [5.74, 6) is 0.874. The molecule has 0 amide bonds. The van der Waals surface area contributed by atoms with Crippen LogP contribution in [0.4, 0.5) is 6.01 Å². The third-order valence-corrected chi connectivity index (χ3v) is 3.46. The molecule has 22 heavy (non-hydrogen) atoms. The van der Waals surface area contributed by atoms with Crippen LogP contribution in [0.2, 0.25) is 0 Å². The van der Waals surface area contributed by atoms with Gasteiger partial charge in [-0.15, -0.1) is 0 Å². The normalized spacial score (nSPS) is 10.9. The van der Waals surface area contributed by atoms with Crippen LogP contribution in [0.5, 0.6) is 0 Å². The van der Waals surface area contributed by atoms with Crippen molar-refractivity contribution >= 4 is 17.1 Å². The Morgan fingerprint density at radius 1 is 1.05 bits per heavy atom. The number of aromatic nitrogens is 3. The van der Waals surface area contributed by atoms with Gasteiger partial charge in [-0.25, -0.2) is 4.98 Å². The first-order valence-electron chi connectivity index (χ1n) is 7.07. The number of rotatable bonds is 4. The largest absolute Gasteiger partial charge is 0.424 e. The summed E-state index contributed by atoms with van der Waals surface area (Å²) < 4.78 is 5.64. The highest BCUT2D eigenvalue weighted by Gasteiger charge is 2.04. The Balaban J connectivity index is 1.47. The molecule has 5 nitrogen and oxygen atoms in total. The van der Waals surface area contributed by atoms with E-state index in [4.69, 9.17) is 4.42 Å². The van der Waals surface area contributed by atoms with Gasteiger partial charge < -0.3 is 14.7 Å². The number of nitrogens with one attached hydrogen (secondary N) is 2. The highest BCUT2D eigenvalue weighted by atomic mass is 16.4. The summed E-state index contributed by atoms with van der Waals surface area (Å²) in [4.78, 5) is 11.7. The summed E-state index contributed by atoms with van der Waals surface area (Å²) in [5.41, 5.74) is 3.87. The molecule has 2 aromatic carbocycles. The van der Waals surface area contributed by atoms with Gasteiger partial charge >= 0.3 is 0 Å². The molecule has 0 atom stereocenters. The molecule has 0 aliphatic rings. The number of hydrogen-bond donors (Lipinski definition) is 2. The van der Waals surface area contributed by atoms with Gasteiger partial charge in [0, 0.05) is 24.5 Å². The van der Waals surface area contributed by atoms with Crippen molar-refractivity contribution in [1.29, 1.82) is 0 Å². The van der Waals surface area contributed by atoms with Crippen molar-refractivity contribution in [3.05, 3.63) is 66.5 Å². The average molecular weight is 290 g/mol. The van der Waals surface area contributed by atoms with Gasteiger partial charge in [0.1, 0.15) is 11.3 Å². The molecule has 0 spiro atoms. The molecule has 0 unspecified atom stereocenters. The van der Waals surface area contributed by atoms with E-state index in [1.54, 1.807) is 6.20 Å². The fourth-order valence-electron chi connectivity index (χ4n) is 2.33. The van der Waals surface area contributed by atoms with E-state index in [0.29, 0.717) is 12.6 Å². The van der Waals surface area contributed by atoms with Crippen LogP contribution in [-0.4, -0.2) is 15.0 Å². The lowest BCUT2D eigenvalue weighted by Gasteiger charge is -2.03. The second-order valence-corrected chi connectivity index (χ2v) is 4.98. The first kappa shape index (κ1) is 12.6. The fourth-order valence-corrected chi connectivity index (χ4v) is 2.33. The number of nitrogens with zero attached hydrogens (tertiary/aromatic N) is 2. The molecule has 4 rings (SSSR count). The zero-order valence-corrected chi connectivity index (χ0v) is 11.8. The maximum atomic E-state index is 5.64. The highest BCUT2D eigenvalue weighted by Crippen LogP contribution is 2.19. The molecule has 4 aromatic rings. The number of anilines is 1. The minimum Gasteiger partial charge on any atom is -0.424 e. The van der Waals surface area contributed by atoms with E-state index < -0.39 is 0 Å². The molecule has 0 fully saturated rings. The molecule has 0 aliphatic carbocycles. The number of oxazole rings is 1. The van der Waals surface area contributed by atoms with Crippen LogP contribution >= 0.6 is 0 Å². The highest BCUT2D eigenvalue weighted by molar-refractivity contribution is 5.74. The van der Waals surface area contributed by atoms with E-state index in [1.165, 1.54) is 0 Å². The molecular formula is C17H14N4O. The van der Waals surface area contributed by atoms with Crippen LogP contribution in [0.3, 0.4) is 0 Å². The molecule has 2 heterocycles. The van der Waals surface area contributed by atoms with Crippen molar-refractivity contribution in [3.8, 4) is 11.4 Å². The summed E-state index contributed by atoms with van der Waals surface area (Å²) in [6.45, 7) is 0.658. The fraction of sp³-hybridized carbons (Fsp3) is 0.0588. The standard InChI is InChI=1S/C17H14N4O/c1-2-4-15-14(3-1)21-17(22-15)20-11-12-5-7-13(8-6-12)16-18-9-10-19-16/h1-10H,11H2,(H,18,19)(H,20,21). The van der Waals surface area contributed by atoms with Crippen LogP contribution < -0.4 is 5.32 Å². The van der Waals surface area contributed by atoms with E-state index in [1.807, 2.05) is 42.6 Å². The molecule has 0 aliphatic heterocycles. The monoisotopic (exact) mass is 290 g/mol. The number of fused-ring (bicyclic) bond motifs is 1. The predicted octanol–water partition coefficient (Wildman–Crippen LogP) is 3.83. The minimum atomic E-state index is 0.538. The van der Waals surface area contributed by atoms with Crippen molar-refractivity contribution in [1.82, 2.24) is 15.0 Å². The molecule has 0 radical (unpaired) electrons. The van der Waals surface area contributed by atoms with Gasteiger partial charge in [-0.1, -0.05) is 36.4 Å². The van der Waals surface area contributed by atoms with Crippen LogP contribution in [-0.2, 0) is 6.54 Å². The number of hydrogen-bond acceptors (Lipinski definition) is 4. The first-order chi connectivity index (χ1) is 10.9. The third-order valence-electron chi connectivity index (χ3n) is 3.46. The number of imidazole rings is 1. The minimum absolute atomic E-state index is 0.538. The molecule has 5 heteroatoms. The van der Waals surface area contributed by atoms with Crippen LogP contribution in [0.25, 0.3) is 22.5 Å². The molecule has 0 saturated heterocycles. The Hall–Kier alpha value is -3.08. The maximum absolute atomic E-state index is 5.64.